The Labute approximate surface area is 140 Å². The summed E-state index contributed by atoms with van der Waals surface area (Å²) in [6.07, 6.45) is -4.07. The maximum atomic E-state index is 12.7. The van der Waals surface area contributed by atoms with E-state index in [1.807, 2.05) is 12.1 Å². The summed E-state index contributed by atoms with van der Waals surface area (Å²) in [6.45, 7) is 1.52. The molecule has 0 bridgehead atoms. The van der Waals surface area contributed by atoms with Crippen molar-refractivity contribution in [2.75, 3.05) is 0 Å². The minimum atomic E-state index is -4.48. The molecule has 5 nitrogen and oxygen atoms in total. The molecule has 1 aromatic carbocycles. The van der Waals surface area contributed by atoms with Crippen molar-refractivity contribution in [3.63, 3.8) is 0 Å². The Bertz CT molecular complexity index is 839. The van der Waals surface area contributed by atoms with Gasteiger partial charge < -0.3 is 4.42 Å². The molecule has 0 aliphatic heterocycles. The maximum Gasteiger partial charge on any atom is 0.435 e. The maximum absolute atomic E-state index is 12.7. The van der Waals surface area contributed by atoms with Crippen LogP contribution in [-0.2, 0) is 19.1 Å². The van der Waals surface area contributed by atoms with Crippen molar-refractivity contribution in [2.24, 2.45) is 0 Å². The van der Waals surface area contributed by atoms with Gasteiger partial charge in [0.1, 0.15) is 6.54 Å². The third kappa shape index (κ3) is 3.76. The van der Waals surface area contributed by atoms with Crippen LogP contribution in [0.25, 0.3) is 0 Å². The molecular weight excluding hydrogens is 345 g/mol. The second kappa shape index (κ2) is 6.27. The Hall–Kier alpha value is -2.35. The first-order chi connectivity index (χ1) is 11.3. The van der Waals surface area contributed by atoms with E-state index in [4.69, 9.17) is 16.0 Å². The normalized spacial score (nSPS) is 11.9. The van der Waals surface area contributed by atoms with Crippen LogP contribution in [0, 0.1) is 6.92 Å². The standard InChI is InChI=1S/C15H12ClF3N4O/c1-9-6-12(15(17,18)19)22-23(9)8-14-21-20-13(24-14)7-10-2-4-11(16)5-3-10/h2-6H,7-8H2,1H3. The summed E-state index contributed by atoms with van der Waals surface area (Å²) < 4.78 is 44.6. The average Bonchev–Trinajstić information content (AvgIpc) is 3.09. The van der Waals surface area contributed by atoms with Crippen molar-refractivity contribution in [2.45, 2.75) is 26.1 Å². The summed E-state index contributed by atoms with van der Waals surface area (Å²) in [6, 6.07) is 8.14. The highest BCUT2D eigenvalue weighted by Crippen LogP contribution is 2.28. The first-order valence-corrected chi connectivity index (χ1v) is 7.36. The molecule has 9 heteroatoms. The molecule has 0 amide bonds. The van der Waals surface area contributed by atoms with Crippen molar-refractivity contribution in [1.29, 1.82) is 0 Å². The van der Waals surface area contributed by atoms with Crippen molar-refractivity contribution >= 4 is 11.6 Å². The molecule has 0 aliphatic carbocycles. The Morgan fingerprint density at radius 1 is 1.12 bits per heavy atom. The number of aromatic nitrogens is 4. The van der Waals surface area contributed by atoms with E-state index in [1.165, 1.54) is 11.6 Å². The smallest absolute Gasteiger partial charge is 0.423 e. The van der Waals surface area contributed by atoms with Gasteiger partial charge in [0.15, 0.2) is 5.69 Å². The zero-order chi connectivity index (χ0) is 17.3. The molecule has 126 valence electrons. The number of hydrogen-bond donors (Lipinski definition) is 0. The number of halogens is 4. The Kier molecular flexibility index (Phi) is 4.31. The highest BCUT2D eigenvalue weighted by molar-refractivity contribution is 6.30. The van der Waals surface area contributed by atoms with Gasteiger partial charge in [-0.3, -0.25) is 4.68 Å². The van der Waals surface area contributed by atoms with Crippen LogP contribution >= 0.6 is 11.6 Å². The van der Waals surface area contributed by atoms with E-state index in [2.05, 4.69) is 15.3 Å². The van der Waals surface area contributed by atoms with Crippen LogP contribution in [0.3, 0.4) is 0 Å². The summed E-state index contributed by atoms with van der Waals surface area (Å²) in [5.41, 5.74) is 0.352. The van der Waals surface area contributed by atoms with Crippen LogP contribution in [0.2, 0.25) is 5.02 Å². The molecule has 24 heavy (non-hydrogen) atoms. The lowest BCUT2D eigenvalue weighted by Gasteiger charge is -2.01. The number of hydrogen-bond acceptors (Lipinski definition) is 4. The van der Waals surface area contributed by atoms with Crippen molar-refractivity contribution in [3.05, 3.63) is 64.1 Å². The van der Waals surface area contributed by atoms with Crippen LogP contribution in [0.5, 0.6) is 0 Å². The summed E-state index contributed by atoms with van der Waals surface area (Å²) >= 11 is 5.82. The predicted octanol–water partition coefficient (Wildman–Crippen LogP) is 3.89. The van der Waals surface area contributed by atoms with Crippen LogP contribution in [0.15, 0.2) is 34.7 Å². The Balaban J connectivity index is 1.72. The first-order valence-electron chi connectivity index (χ1n) is 6.98. The minimum Gasteiger partial charge on any atom is -0.423 e. The van der Waals surface area contributed by atoms with Gasteiger partial charge in [-0.2, -0.15) is 18.3 Å². The van der Waals surface area contributed by atoms with Gasteiger partial charge in [-0.1, -0.05) is 23.7 Å². The fourth-order valence-corrected chi connectivity index (χ4v) is 2.26. The number of rotatable bonds is 4. The molecule has 0 radical (unpaired) electrons. The van der Waals surface area contributed by atoms with Crippen LogP contribution in [-0.4, -0.2) is 20.0 Å². The van der Waals surface area contributed by atoms with Gasteiger partial charge >= 0.3 is 6.18 Å². The quantitative estimate of drug-likeness (QED) is 0.711. The third-order valence-electron chi connectivity index (χ3n) is 3.33. The van der Waals surface area contributed by atoms with E-state index in [1.54, 1.807) is 12.1 Å². The molecule has 0 atom stereocenters. The van der Waals surface area contributed by atoms with Gasteiger partial charge in [0.05, 0.1) is 6.42 Å². The predicted molar refractivity (Wildman–Crippen MR) is 79.6 cm³/mol. The SMILES string of the molecule is Cc1cc(C(F)(F)F)nn1Cc1nnc(Cc2ccc(Cl)cc2)o1. The third-order valence-corrected chi connectivity index (χ3v) is 3.59. The minimum absolute atomic E-state index is 0.0183. The molecule has 3 aromatic rings. The molecule has 3 rings (SSSR count). The van der Waals surface area contributed by atoms with Crippen molar-refractivity contribution < 1.29 is 17.6 Å². The lowest BCUT2D eigenvalue weighted by Crippen LogP contribution is -2.09. The second-order valence-corrected chi connectivity index (χ2v) is 5.66. The number of aryl methyl sites for hydroxylation is 1. The Morgan fingerprint density at radius 2 is 1.79 bits per heavy atom. The summed E-state index contributed by atoms with van der Waals surface area (Å²) in [5.74, 6) is 0.562. The molecule has 0 fully saturated rings. The van der Waals surface area contributed by atoms with E-state index in [9.17, 15) is 13.2 Å². The lowest BCUT2D eigenvalue weighted by atomic mass is 10.1. The summed E-state index contributed by atoms with van der Waals surface area (Å²) in [5, 5.41) is 11.9. The molecule has 0 aliphatic rings. The fraction of sp³-hybridized carbons (Fsp3) is 0.267. The van der Waals surface area contributed by atoms with E-state index in [-0.39, 0.29) is 12.4 Å². The van der Waals surface area contributed by atoms with E-state index < -0.39 is 11.9 Å². The number of benzene rings is 1. The van der Waals surface area contributed by atoms with E-state index >= 15 is 0 Å². The molecular formula is C15H12ClF3N4O. The molecule has 2 aromatic heterocycles. The largest absolute Gasteiger partial charge is 0.435 e. The monoisotopic (exact) mass is 356 g/mol. The molecule has 0 N–H and O–H groups in total. The number of alkyl halides is 3. The summed E-state index contributed by atoms with van der Waals surface area (Å²) in [4.78, 5) is 0. The van der Waals surface area contributed by atoms with Crippen LogP contribution < -0.4 is 0 Å². The van der Waals surface area contributed by atoms with Gasteiger partial charge in [-0.25, -0.2) is 0 Å². The van der Waals surface area contributed by atoms with Gasteiger partial charge in [-0.15, -0.1) is 10.2 Å². The van der Waals surface area contributed by atoms with E-state index in [0.29, 0.717) is 23.0 Å². The molecule has 0 spiro atoms. The highest BCUT2D eigenvalue weighted by Gasteiger charge is 2.34. The zero-order valence-corrected chi connectivity index (χ0v) is 13.3. The van der Waals surface area contributed by atoms with E-state index in [0.717, 1.165) is 11.6 Å². The fourth-order valence-electron chi connectivity index (χ4n) is 2.14. The average molecular weight is 357 g/mol. The Morgan fingerprint density at radius 3 is 2.42 bits per heavy atom. The molecule has 0 saturated carbocycles. The topological polar surface area (TPSA) is 56.7 Å². The van der Waals surface area contributed by atoms with Crippen LogP contribution in [0.4, 0.5) is 13.2 Å². The lowest BCUT2D eigenvalue weighted by molar-refractivity contribution is -0.141. The van der Waals surface area contributed by atoms with Crippen molar-refractivity contribution in [1.82, 2.24) is 20.0 Å². The molecule has 2 heterocycles. The van der Waals surface area contributed by atoms with Crippen molar-refractivity contribution in [3.8, 4) is 0 Å². The summed E-state index contributed by atoms with van der Waals surface area (Å²) in [7, 11) is 0. The second-order valence-electron chi connectivity index (χ2n) is 5.22. The first kappa shape index (κ1) is 16.5. The highest BCUT2D eigenvalue weighted by atomic mass is 35.5. The van der Waals surface area contributed by atoms with Gasteiger partial charge in [-0.05, 0) is 30.7 Å². The number of nitrogens with zero attached hydrogens (tertiary/aromatic N) is 4. The molecule has 0 saturated heterocycles. The van der Waals surface area contributed by atoms with Crippen LogP contribution in [0.1, 0.15) is 28.7 Å². The van der Waals surface area contributed by atoms with Gasteiger partial charge in [0.2, 0.25) is 11.8 Å². The molecule has 0 unspecified atom stereocenters. The van der Waals surface area contributed by atoms with Gasteiger partial charge in [0.25, 0.3) is 0 Å². The zero-order valence-electron chi connectivity index (χ0n) is 12.5. The van der Waals surface area contributed by atoms with Gasteiger partial charge in [0, 0.05) is 10.7 Å².